The fourth-order valence-corrected chi connectivity index (χ4v) is 5.35. The molecule has 3 aromatic rings. The van der Waals surface area contributed by atoms with Gasteiger partial charge in [-0.3, -0.25) is 9.47 Å². The number of nitriles is 1. The molecule has 4 rings (SSSR count). The molecule has 2 unspecified atom stereocenters. The van der Waals surface area contributed by atoms with Gasteiger partial charge in [0.1, 0.15) is 23.0 Å². The number of aryl methyl sites for hydroxylation is 1. The lowest BCUT2D eigenvalue weighted by Crippen LogP contribution is -2.59. The van der Waals surface area contributed by atoms with Crippen molar-refractivity contribution in [3.63, 3.8) is 0 Å². The summed E-state index contributed by atoms with van der Waals surface area (Å²) in [6.45, 7) is 7.49. The van der Waals surface area contributed by atoms with E-state index in [4.69, 9.17) is 0 Å². The van der Waals surface area contributed by atoms with E-state index in [0.717, 1.165) is 24.8 Å². The van der Waals surface area contributed by atoms with Crippen molar-refractivity contribution in [2.75, 3.05) is 18.0 Å². The Morgan fingerprint density at radius 2 is 1.74 bits per heavy atom. The standard InChI is InChI=1S/C27H31F3N6O2/c1-5-19-16-36(25-24-23(34(4)26(37)33-25)13-10-18(14-31)32-24)20(6-2)15-35(19)22(7-3)17-8-11-21(12-9-17)38-27(28,29)30/h8-13,19-20,22H,5-7,15-16H2,1-4H3/t19-,20?,22?/m1/s1. The summed E-state index contributed by atoms with van der Waals surface area (Å²) in [5.74, 6) is 0.235. The van der Waals surface area contributed by atoms with Crippen LogP contribution in [-0.2, 0) is 7.05 Å². The molecule has 0 amide bonds. The number of fused-ring (bicyclic) bond motifs is 1. The van der Waals surface area contributed by atoms with Crippen LogP contribution in [0.4, 0.5) is 19.0 Å². The van der Waals surface area contributed by atoms with Crippen molar-refractivity contribution in [2.45, 2.75) is 64.5 Å². The molecular weight excluding hydrogens is 497 g/mol. The van der Waals surface area contributed by atoms with E-state index in [1.165, 1.54) is 16.7 Å². The number of piperazine rings is 1. The molecule has 38 heavy (non-hydrogen) atoms. The third-order valence-corrected chi connectivity index (χ3v) is 7.29. The third kappa shape index (κ3) is 5.45. The Morgan fingerprint density at radius 1 is 1.05 bits per heavy atom. The van der Waals surface area contributed by atoms with E-state index in [1.54, 1.807) is 31.3 Å². The maximum absolute atomic E-state index is 12.8. The molecule has 0 aliphatic carbocycles. The average Bonchev–Trinajstić information content (AvgIpc) is 2.90. The zero-order chi connectivity index (χ0) is 27.6. The Labute approximate surface area is 219 Å². The quantitative estimate of drug-likeness (QED) is 0.430. The van der Waals surface area contributed by atoms with E-state index in [9.17, 15) is 23.2 Å². The fourth-order valence-electron chi connectivity index (χ4n) is 5.35. The summed E-state index contributed by atoms with van der Waals surface area (Å²) in [5.41, 5.74) is 1.90. The maximum atomic E-state index is 12.8. The number of alkyl halides is 3. The second-order valence-corrected chi connectivity index (χ2v) is 9.47. The van der Waals surface area contributed by atoms with Gasteiger partial charge >= 0.3 is 12.1 Å². The minimum atomic E-state index is -4.73. The average molecular weight is 529 g/mol. The SMILES string of the molecule is CCC1CN(C(CC)c2ccc(OC(F)(F)F)cc2)[C@H](CC)CN1c1nc(=O)n(C)c2ccc(C#N)nc12. The topological polar surface area (TPSA) is 87.3 Å². The van der Waals surface area contributed by atoms with Crippen molar-refractivity contribution in [1.82, 2.24) is 19.4 Å². The van der Waals surface area contributed by atoms with Crippen LogP contribution in [0.1, 0.15) is 57.3 Å². The molecule has 1 aliphatic rings. The summed E-state index contributed by atoms with van der Waals surface area (Å²) >= 11 is 0. The highest BCUT2D eigenvalue weighted by molar-refractivity contribution is 5.86. The number of nitrogens with zero attached hydrogens (tertiary/aromatic N) is 6. The van der Waals surface area contributed by atoms with Crippen molar-refractivity contribution >= 4 is 16.9 Å². The zero-order valence-electron chi connectivity index (χ0n) is 21.9. The predicted molar refractivity (Wildman–Crippen MR) is 138 cm³/mol. The minimum Gasteiger partial charge on any atom is -0.406 e. The number of ether oxygens (including phenoxy) is 1. The third-order valence-electron chi connectivity index (χ3n) is 7.29. The zero-order valence-corrected chi connectivity index (χ0v) is 21.9. The second kappa shape index (κ2) is 11.0. The van der Waals surface area contributed by atoms with Crippen molar-refractivity contribution in [2.24, 2.45) is 7.05 Å². The van der Waals surface area contributed by atoms with Crippen LogP contribution in [0.15, 0.2) is 41.2 Å². The maximum Gasteiger partial charge on any atom is 0.573 e. The lowest BCUT2D eigenvalue weighted by Gasteiger charge is -2.49. The Balaban J connectivity index is 1.69. The number of halogens is 3. The van der Waals surface area contributed by atoms with Gasteiger partial charge in [0.2, 0.25) is 0 Å². The molecule has 8 nitrogen and oxygen atoms in total. The molecule has 1 fully saturated rings. The highest BCUT2D eigenvalue weighted by Crippen LogP contribution is 2.35. The summed E-state index contributed by atoms with van der Waals surface area (Å²) in [7, 11) is 1.64. The Morgan fingerprint density at radius 3 is 2.32 bits per heavy atom. The molecule has 0 saturated carbocycles. The molecule has 0 radical (unpaired) electrons. The van der Waals surface area contributed by atoms with Crippen LogP contribution in [0, 0.1) is 11.3 Å². The van der Waals surface area contributed by atoms with E-state index in [0.29, 0.717) is 29.9 Å². The largest absolute Gasteiger partial charge is 0.573 e. The molecule has 0 N–H and O–H groups in total. The molecule has 3 heterocycles. The summed E-state index contributed by atoms with van der Waals surface area (Å²) < 4.78 is 43.3. The molecule has 2 aromatic heterocycles. The van der Waals surface area contributed by atoms with Crippen LogP contribution < -0.4 is 15.3 Å². The van der Waals surface area contributed by atoms with Gasteiger partial charge in [-0.2, -0.15) is 10.2 Å². The Hall–Kier alpha value is -3.65. The number of hydrogen-bond acceptors (Lipinski definition) is 7. The summed E-state index contributed by atoms with van der Waals surface area (Å²) in [4.78, 5) is 26.2. The first-order valence-corrected chi connectivity index (χ1v) is 12.8. The lowest BCUT2D eigenvalue weighted by molar-refractivity contribution is -0.274. The predicted octanol–water partition coefficient (Wildman–Crippen LogP) is 4.93. The van der Waals surface area contributed by atoms with E-state index in [1.807, 2.05) is 0 Å². The normalized spacial score (nSPS) is 19.4. The van der Waals surface area contributed by atoms with Crippen LogP contribution in [0.3, 0.4) is 0 Å². The van der Waals surface area contributed by atoms with Crippen molar-refractivity contribution in [3.05, 3.63) is 58.1 Å². The van der Waals surface area contributed by atoms with Crippen LogP contribution in [-0.4, -0.2) is 51.0 Å². The minimum absolute atomic E-state index is 0.00671. The van der Waals surface area contributed by atoms with E-state index in [2.05, 4.69) is 51.3 Å². The smallest absolute Gasteiger partial charge is 0.406 e. The van der Waals surface area contributed by atoms with Gasteiger partial charge in [0.15, 0.2) is 5.82 Å². The number of rotatable bonds is 7. The highest BCUT2D eigenvalue weighted by atomic mass is 19.4. The monoisotopic (exact) mass is 528 g/mol. The number of aromatic nitrogens is 3. The number of pyridine rings is 1. The fraction of sp³-hybridized carbons (Fsp3) is 0.481. The van der Waals surface area contributed by atoms with E-state index < -0.39 is 12.1 Å². The van der Waals surface area contributed by atoms with Gasteiger partial charge in [0.25, 0.3) is 0 Å². The molecule has 11 heteroatoms. The van der Waals surface area contributed by atoms with E-state index in [-0.39, 0.29) is 29.6 Å². The van der Waals surface area contributed by atoms with Gasteiger partial charge in [0, 0.05) is 38.3 Å². The van der Waals surface area contributed by atoms with Crippen LogP contribution in [0.5, 0.6) is 5.75 Å². The Kier molecular flexibility index (Phi) is 7.92. The van der Waals surface area contributed by atoms with Gasteiger partial charge < -0.3 is 9.64 Å². The molecule has 1 aliphatic heterocycles. The molecule has 1 aromatic carbocycles. The van der Waals surface area contributed by atoms with Gasteiger partial charge in [-0.25, -0.2) is 9.78 Å². The summed E-state index contributed by atoms with van der Waals surface area (Å²) in [6, 6.07) is 11.6. The van der Waals surface area contributed by atoms with Crippen molar-refractivity contribution in [1.29, 1.82) is 5.26 Å². The van der Waals surface area contributed by atoms with Crippen LogP contribution in [0.2, 0.25) is 0 Å². The van der Waals surface area contributed by atoms with Gasteiger partial charge in [-0.15, -0.1) is 13.2 Å². The van der Waals surface area contributed by atoms with Gasteiger partial charge in [-0.1, -0.05) is 32.9 Å². The first-order chi connectivity index (χ1) is 18.1. The van der Waals surface area contributed by atoms with Crippen LogP contribution >= 0.6 is 0 Å². The molecule has 0 spiro atoms. The number of anilines is 1. The second-order valence-electron chi connectivity index (χ2n) is 9.47. The highest BCUT2D eigenvalue weighted by Gasteiger charge is 2.38. The molecule has 0 bridgehead atoms. The first kappa shape index (κ1) is 27.4. The van der Waals surface area contributed by atoms with Crippen molar-refractivity contribution < 1.29 is 17.9 Å². The lowest BCUT2D eigenvalue weighted by atomic mass is 9.95. The summed E-state index contributed by atoms with van der Waals surface area (Å²) in [5, 5.41) is 9.42. The molecule has 1 saturated heterocycles. The molecule has 202 valence electrons. The Bertz CT molecular complexity index is 1380. The number of hydrogen-bond donors (Lipinski definition) is 0. The van der Waals surface area contributed by atoms with Gasteiger partial charge in [0.05, 0.1) is 5.52 Å². The first-order valence-electron chi connectivity index (χ1n) is 12.8. The molecule has 3 atom stereocenters. The number of benzene rings is 1. The summed E-state index contributed by atoms with van der Waals surface area (Å²) in [6.07, 6.45) is -2.37. The molecular formula is C27H31F3N6O2. The van der Waals surface area contributed by atoms with Gasteiger partial charge in [-0.05, 0) is 49.1 Å². The van der Waals surface area contributed by atoms with E-state index >= 15 is 0 Å². The van der Waals surface area contributed by atoms with Crippen LogP contribution in [0.25, 0.3) is 11.0 Å². The van der Waals surface area contributed by atoms with Crippen molar-refractivity contribution in [3.8, 4) is 11.8 Å².